The number of rotatable bonds is 12. The smallest absolute Gasteiger partial charge is 0.308 e. The van der Waals surface area contributed by atoms with Gasteiger partial charge in [0.2, 0.25) is 0 Å². The van der Waals surface area contributed by atoms with E-state index in [1.54, 1.807) is 74.5 Å². The lowest BCUT2D eigenvalue weighted by atomic mass is 10.1. The summed E-state index contributed by atoms with van der Waals surface area (Å²) in [4.78, 5) is 61.7. The first-order valence-corrected chi connectivity index (χ1v) is 30.9. The molecule has 3 aromatic carbocycles. The summed E-state index contributed by atoms with van der Waals surface area (Å²) in [6.07, 6.45) is 10.2. The zero-order chi connectivity index (χ0) is 68.2. The maximum absolute atomic E-state index is 11.3. The fourth-order valence-corrected chi connectivity index (χ4v) is 8.70. The molecule has 0 saturated heterocycles. The lowest BCUT2D eigenvalue weighted by Crippen LogP contribution is -2.24. The number of nitrogens with zero attached hydrogens (tertiary/aromatic N) is 9. The summed E-state index contributed by atoms with van der Waals surface area (Å²) in [6.45, 7) is 18.2. The molecule has 488 valence electrons. The van der Waals surface area contributed by atoms with Crippen molar-refractivity contribution in [1.82, 2.24) is 44.9 Å². The number of aromatic hydroxyl groups is 3. The van der Waals surface area contributed by atoms with Crippen LogP contribution in [-0.4, -0.2) is 109 Å². The highest BCUT2D eigenvalue weighted by Gasteiger charge is 2.18. The fourth-order valence-electron chi connectivity index (χ4n) is 8.70. The van der Waals surface area contributed by atoms with Gasteiger partial charge in [0.1, 0.15) is 45.0 Å². The number of esters is 2. The summed E-state index contributed by atoms with van der Waals surface area (Å²) in [5, 5.41) is 31.9. The van der Waals surface area contributed by atoms with E-state index in [0.29, 0.717) is 60.4 Å². The van der Waals surface area contributed by atoms with E-state index >= 15 is 0 Å². The summed E-state index contributed by atoms with van der Waals surface area (Å²) in [7, 11) is 1.56. The molecule has 0 spiro atoms. The average molecular weight is 1280 g/mol. The fraction of sp³-hybridized carbons (Fsp3) is 0.234. The van der Waals surface area contributed by atoms with Crippen LogP contribution in [0.25, 0.3) is 89.6 Å². The van der Waals surface area contributed by atoms with Crippen LogP contribution in [0.1, 0.15) is 81.6 Å². The molecule has 18 nitrogen and oxygen atoms in total. The molecule has 0 aliphatic carbocycles. The number of fused-ring (bicyclic) bond motifs is 3. The largest absolute Gasteiger partial charge is 0.506 e. The van der Waals surface area contributed by atoms with Crippen molar-refractivity contribution in [3.05, 3.63) is 231 Å². The van der Waals surface area contributed by atoms with Gasteiger partial charge in [0.15, 0.2) is 0 Å². The second-order valence-electron chi connectivity index (χ2n) is 24.1. The molecule has 9 heterocycles. The number of aromatic nitrogens is 9. The molecule has 0 bridgehead atoms. The Balaban J connectivity index is 0.000000166. The number of ether oxygens (including phenoxy) is 4. The van der Waals surface area contributed by atoms with Crippen LogP contribution in [0.4, 0.5) is 0 Å². The number of methoxy groups -OCH3 is 1. The molecule has 0 saturated carbocycles. The van der Waals surface area contributed by atoms with Crippen LogP contribution in [0.15, 0.2) is 231 Å². The van der Waals surface area contributed by atoms with Crippen molar-refractivity contribution in [2.75, 3.05) is 20.3 Å². The van der Waals surface area contributed by atoms with E-state index in [-0.39, 0.29) is 46.0 Å². The highest BCUT2D eigenvalue weighted by atomic mass is 16.6. The number of benzene rings is 3. The van der Waals surface area contributed by atoms with Crippen molar-refractivity contribution in [1.29, 1.82) is 0 Å². The molecule has 0 amide bonds. The van der Waals surface area contributed by atoms with Crippen LogP contribution in [-0.2, 0) is 28.5 Å². The lowest BCUT2D eigenvalue weighted by Gasteiger charge is -2.21. The van der Waals surface area contributed by atoms with Crippen molar-refractivity contribution in [2.45, 2.75) is 98.4 Å². The van der Waals surface area contributed by atoms with Crippen molar-refractivity contribution in [3.63, 3.8) is 0 Å². The highest BCUT2D eigenvalue weighted by molar-refractivity contribution is 5.89. The lowest BCUT2D eigenvalue weighted by molar-refractivity contribution is -0.156. The van der Waals surface area contributed by atoms with Crippen LogP contribution in [0.2, 0.25) is 0 Å². The molecule has 0 aliphatic heterocycles. The first-order valence-electron chi connectivity index (χ1n) is 30.9. The summed E-state index contributed by atoms with van der Waals surface area (Å²) in [5.41, 5.74) is 8.97. The third-order valence-corrected chi connectivity index (χ3v) is 12.9. The zero-order valence-electron chi connectivity index (χ0n) is 55.3. The zero-order valence-corrected chi connectivity index (χ0v) is 55.3. The van der Waals surface area contributed by atoms with Crippen LogP contribution >= 0.6 is 0 Å². The van der Waals surface area contributed by atoms with Crippen molar-refractivity contribution >= 4 is 44.6 Å². The van der Waals surface area contributed by atoms with Crippen molar-refractivity contribution < 1.29 is 43.9 Å². The predicted molar refractivity (Wildman–Crippen MR) is 374 cm³/mol. The molecule has 0 fully saturated rings. The Morgan fingerprint density at radius 1 is 0.326 bits per heavy atom. The van der Waals surface area contributed by atoms with E-state index in [0.717, 1.165) is 61.7 Å². The minimum Gasteiger partial charge on any atom is -0.506 e. The van der Waals surface area contributed by atoms with Gasteiger partial charge in [0, 0.05) is 67.3 Å². The Morgan fingerprint density at radius 3 is 1.02 bits per heavy atom. The number of pyridine rings is 9. The van der Waals surface area contributed by atoms with Crippen LogP contribution in [0.3, 0.4) is 0 Å². The number of phenolic OH excluding ortho intramolecular Hbond substituents is 3. The predicted octanol–water partition coefficient (Wildman–Crippen LogP) is 16.5. The summed E-state index contributed by atoms with van der Waals surface area (Å²) in [6, 6.07) is 62.2. The van der Waals surface area contributed by atoms with Gasteiger partial charge in [-0.15, -0.1) is 0 Å². The SMILES string of the molecule is CC(C)(C)OCCCC(=O)OC(C)(C)C.COCCC(=O)OC(C)(C)C.Oc1cccc2ccc(-c3ccc4cccc(O)c4n3)nc12.Oc1cccc2cccnc12.c1ccc(-c2cccc(-c3cccc(-c4ccccn4)n3)n2)nc1.c1ccc(-c2ccccn2)nc1. The van der Waals surface area contributed by atoms with Gasteiger partial charge in [-0.3, -0.25) is 34.5 Å². The topological polar surface area (TPSA) is 248 Å². The van der Waals surface area contributed by atoms with E-state index in [1.165, 1.54) is 0 Å². The number of phenols is 3. The van der Waals surface area contributed by atoms with Gasteiger partial charge in [0.05, 0.1) is 75.6 Å². The number of para-hydroxylation sites is 3. The Bertz CT molecular complexity index is 4130. The Kier molecular flexibility index (Phi) is 26.5. The first kappa shape index (κ1) is 71.5. The van der Waals surface area contributed by atoms with Gasteiger partial charge >= 0.3 is 11.9 Å². The molecule has 12 rings (SSSR count). The van der Waals surface area contributed by atoms with Crippen LogP contribution in [0, 0.1) is 0 Å². The molecule has 18 heteroatoms. The maximum atomic E-state index is 11.3. The summed E-state index contributed by atoms with van der Waals surface area (Å²) >= 11 is 0. The van der Waals surface area contributed by atoms with Crippen molar-refractivity contribution in [3.8, 4) is 74.2 Å². The second-order valence-corrected chi connectivity index (χ2v) is 24.1. The molecule has 95 heavy (non-hydrogen) atoms. The molecule has 3 N–H and O–H groups in total. The van der Waals surface area contributed by atoms with E-state index in [2.05, 4.69) is 34.9 Å². The van der Waals surface area contributed by atoms with Gasteiger partial charge in [-0.05, 0) is 178 Å². The molecule has 12 aromatic rings. The molecule has 0 unspecified atom stereocenters. The molecular weight excluding hydrogens is 1190 g/mol. The molecule has 0 radical (unpaired) electrons. The monoisotopic (exact) mass is 1280 g/mol. The Morgan fingerprint density at radius 2 is 0.653 bits per heavy atom. The highest BCUT2D eigenvalue weighted by Crippen LogP contribution is 2.30. The number of hydrogen-bond acceptors (Lipinski definition) is 18. The normalized spacial score (nSPS) is 10.9. The Labute approximate surface area is 554 Å². The van der Waals surface area contributed by atoms with Gasteiger partial charge in [-0.2, -0.15) is 0 Å². The van der Waals surface area contributed by atoms with Crippen LogP contribution < -0.4 is 0 Å². The third kappa shape index (κ3) is 24.2. The van der Waals surface area contributed by atoms with Gasteiger partial charge in [0.25, 0.3) is 0 Å². The van der Waals surface area contributed by atoms with Gasteiger partial charge < -0.3 is 34.3 Å². The summed E-state index contributed by atoms with van der Waals surface area (Å²) in [5.74, 6) is 0.161. The van der Waals surface area contributed by atoms with E-state index in [1.807, 2.05) is 226 Å². The first-order chi connectivity index (χ1) is 45.5. The number of hydrogen-bond donors (Lipinski definition) is 3. The minimum absolute atomic E-state index is 0.131. The Hall–Kier alpha value is -11.0. The van der Waals surface area contributed by atoms with Gasteiger partial charge in [-0.25, -0.2) is 19.9 Å². The molecule has 0 aliphatic rings. The number of carbonyl (C=O) groups is 2. The third-order valence-electron chi connectivity index (χ3n) is 12.9. The standard InChI is InChI=1S/C20H14N4.C18H12N2O2.C12H24O3.C10H8N2.C9H7NO.C8H16O3/c1-3-13-21-15(7-1)17-9-5-11-19(23-17)20-12-6-10-18(24-20)16-8-2-4-14-22-16;21-15-5-1-3-11-7-9-13(19-17(11)15)14-10-8-12-4-2-6-16(22)18(12)20-14;1-11(2,3)14-9-7-8-10(13)15-12(4,5)6;1-3-7-11-9(5-1)10-6-2-4-8-12-10;11-8-5-1-3-7-4-2-6-10-9(7)8;1-8(2,3)11-7(9)5-6-10-4/h1-14H;1-10,21-22H;7-9H2,1-6H3;1-8H;1-6,11H;5-6H2,1-4H3. The van der Waals surface area contributed by atoms with Crippen LogP contribution in [0.5, 0.6) is 17.2 Å². The average Bonchev–Trinajstić information content (AvgIpc) is 0.812. The van der Waals surface area contributed by atoms with Gasteiger partial charge in [-0.1, -0.05) is 91.0 Å². The minimum atomic E-state index is -0.387. The molecular formula is C77H81N9O9. The summed E-state index contributed by atoms with van der Waals surface area (Å²) < 4.78 is 20.4. The van der Waals surface area contributed by atoms with E-state index in [4.69, 9.17) is 28.9 Å². The molecule has 0 atom stereocenters. The van der Waals surface area contributed by atoms with E-state index in [9.17, 15) is 24.9 Å². The maximum Gasteiger partial charge on any atom is 0.308 e. The molecule has 9 aromatic heterocycles. The quantitative estimate of drug-likeness (QED) is 0.0760. The van der Waals surface area contributed by atoms with Crippen molar-refractivity contribution in [2.24, 2.45) is 0 Å². The van der Waals surface area contributed by atoms with E-state index < -0.39 is 0 Å². The second kappa shape index (κ2) is 35.2. The number of carbonyl (C=O) groups excluding carboxylic acids is 2.